The summed E-state index contributed by atoms with van der Waals surface area (Å²) < 4.78 is 11.7. The van der Waals surface area contributed by atoms with Crippen molar-refractivity contribution >= 4 is 23.3 Å². The van der Waals surface area contributed by atoms with Crippen LogP contribution in [-0.2, 0) is 11.2 Å². The second-order valence-corrected chi connectivity index (χ2v) is 10.7. The largest absolute Gasteiger partial charge is 0.488 e. The molecule has 202 valence electrons. The molecule has 2 aliphatic rings. The van der Waals surface area contributed by atoms with Crippen molar-refractivity contribution < 1.29 is 24.0 Å². The monoisotopic (exact) mass is 513 g/mol. The van der Waals surface area contributed by atoms with Gasteiger partial charge in [-0.2, -0.15) is 0 Å². The van der Waals surface area contributed by atoms with Crippen molar-refractivity contribution in [3.05, 3.63) is 35.2 Å². The molecular formula is C27H39N5O5. The van der Waals surface area contributed by atoms with Gasteiger partial charge in [-0.1, -0.05) is 12.1 Å². The molecule has 0 saturated heterocycles. The second-order valence-electron chi connectivity index (χ2n) is 10.7. The molecule has 1 aromatic heterocycles. The summed E-state index contributed by atoms with van der Waals surface area (Å²) in [7, 11) is 2.12. The van der Waals surface area contributed by atoms with Gasteiger partial charge in [0.1, 0.15) is 23.2 Å². The lowest BCUT2D eigenvalue weighted by molar-refractivity contribution is -0.134. The highest BCUT2D eigenvalue weighted by molar-refractivity contribution is 6.00. The predicted octanol–water partition coefficient (Wildman–Crippen LogP) is 3.43. The first-order valence-electron chi connectivity index (χ1n) is 13.0. The molecule has 3 atom stereocenters. The quantitative estimate of drug-likeness (QED) is 0.495. The fourth-order valence-corrected chi connectivity index (χ4v) is 4.79. The van der Waals surface area contributed by atoms with Gasteiger partial charge in [-0.05, 0) is 64.8 Å². The zero-order valence-electron chi connectivity index (χ0n) is 22.4. The van der Waals surface area contributed by atoms with E-state index in [-0.39, 0.29) is 37.0 Å². The van der Waals surface area contributed by atoms with Crippen LogP contribution < -0.4 is 15.4 Å². The molecule has 2 heterocycles. The molecular weight excluding hydrogens is 474 g/mol. The van der Waals surface area contributed by atoms with E-state index in [1.165, 1.54) is 12.8 Å². The maximum atomic E-state index is 13.4. The number of carbonyl (C=O) groups excluding carboxylic acids is 2. The normalized spacial score (nSPS) is 20.9. The fraction of sp³-hybridized carbons (Fsp3) is 0.593. The summed E-state index contributed by atoms with van der Waals surface area (Å²) in [6, 6.07) is 4.64. The Labute approximate surface area is 218 Å². The van der Waals surface area contributed by atoms with Crippen molar-refractivity contribution in [2.75, 3.05) is 43.9 Å². The Kier molecular flexibility index (Phi) is 8.39. The molecule has 1 aromatic carbocycles. The SMILES string of the molecule is Cc1noc(C)c1NC(=O)Nc1ccc2c(c1)CC(=O)N([C@@H](C)CO)C[C@H](C)[C@@H](CN(C)CC1CC1)O2. The van der Waals surface area contributed by atoms with Gasteiger partial charge in [0.2, 0.25) is 5.91 Å². The fourth-order valence-electron chi connectivity index (χ4n) is 4.79. The topological polar surface area (TPSA) is 120 Å². The number of hydrogen-bond acceptors (Lipinski definition) is 7. The molecule has 1 saturated carbocycles. The number of nitrogens with one attached hydrogen (secondary N) is 2. The van der Waals surface area contributed by atoms with Crippen LogP contribution in [0.25, 0.3) is 0 Å². The highest BCUT2D eigenvalue weighted by atomic mass is 16.5. The van der Waals surface area contributed by atoms with Crippen LogP contribution in [-0.4, -0.2) is 77.4 Å². The number of aromatic nitrogens is 1. The van der Waals surface area contributed by atoms with Gasteiger partial charge in [-0.15, -0.1) is 0 Å². The lowest BCUT2D eigenvalue weighted by Gasteiger charge is -2.34. The first-order chi connectivity index (χ1) is 17.6. The molecule has 0 bridgehead atoms. The molecule has 10 nitrogen and oxygen atoms in total. The number of aryl methyl sites for hydroxylation is 2. The molecule has 4 rings (SSSR count). The molecule has 0 unspecified atom stereocenters. The average molecular weight is 514 g/mol. The van der Waals surface area contributed by atoms with Crippen LogP contribution >= 0.6 is 0 Å². The van der Waals surface area contributed by atoms with Gasteiger partial charge in [0.25, 0.3) is 0 Å². The Bertz CT molecular complexity index is 1100. The maximum Gasteiger partial charge on any atom is 0.323 e. The molecule has 3 amide bonds. The van der Waals surface area contributed by atoms with Crippen LogP contribution in [0.15, 0.2) is 22.7 Å². The third-order valence-electron chi connectivity index (χ3n) is 7.20. The molecule has 10 heteroatoms. The number of fused-ring (bicyclic) bond motifs is 1. The minimum absolute atomic E-state index is 0.0594. The van der Waals surface area contributed by atoms with E-state index in [9.17, 15) is 14.7 Å². The number of urea groups is 1. The van der Waals surface area contributed by atoms with Gasteiger partial charge in [-0.25, -0.2) is 4.79 Å². The summed E-state index contributed by atoms with van der Waals surface area (Å²) in [6.07, 6.45) is 2.54. The molecule has 1 fully saturated rings. The van der Waals surface area contributed by atoms with E-state index in [0.29, 0.717) is 40.7 Å². The number of carbonyl (C=O) groups is 2. The highest BCUT2D eigenvalue weighted by Crippen LogP contribution is 2.31. The van der Waals surface area contributed by atoms with E-state index >= 15 is 0 Å². The molecule has 37 heavy (non-hydrogen) atoms. The van der Waals surface area contributed by atoms with Crippen LogP contribution in [0.2, 0.25) is 0 Å². The number of benzene rings is 1. The molecule has 1 aliphatic heterocycles. The van der Waals surface area contributed by atoms with Gasteiger partial charge in [-0.3, -0.25) is 4.79 Å². The number of amides is 3. The standard InChI is InChI=1S/C27H39N5O5/c1-16-12-32(17(2)15-33)25(34)11-21-10-22(28-27(35)29-26-18(3)30-37-19(26)4)8-9-23(21)36-24(16)14-31(5)13-20-6-7-20/h8-10,16-17,20,24,33H,6-7,11-15H2,1-5H3,(H2,28,29,35)/t16-,17-,24+/m0/s1. The summed E-state index contributed by atoms with van der Waals surface area (Å²) in [5, 5.41) is 19.3. The van der Waals surface area contributed by atoms with E-state index in [1.807, 2.05) is 13.0 Å². The van der Waals surface area contributed by atoms with Crippen LogP contribution in [0, 0.1) is 25.7 Å². The number of rotatable bonds is 8. The maximum absolute atomic E-state index is 13.4. The molecule has 2 aromatic rings. The van der Waals surface area contributed by atoms with E-state index in [1.54, 1.807) is 30.9 Å². The van der Waals surface area contributed by atoms with Crippen molar-refractivity contribution in [1.82, 2.24) is 15.0 Å². The van der Waals surface area contributed by atoms with E-state index in [4.69, 9.17) is 9.26 Å². The van der Waals surface area contributed by atoms with Gasteiger partial charge in [0.05, 0.1) is 19.1 Å². The van der Waals surface area contributed by atoms with E-state index < -0.39 is 6.03 Å². The van der Waals surface area contributed by atoms with Gasteiger partial charge >= 0.3 is 6.03 Å². The van der Waals surface area contributed by atoms with Crippen LogP contribution in [0.4, 0.5) is 16.2 Å². The number of aliphatic hydroxyl groups excluding tert-OH is 1. The number of nitrogens with zero attached hydrogens (tertiary/aromatic N) is 3. The van der Waals surface area contributed by atoms with Crippen molar-refractivity contribution in [2.24, 2.45) is 11.8 Å². The van der Waals surface area contributed by atoms with Crippen LogP contribution in [0.1, 0.15) is 43.7 Å². The third kappa shape index (κ3) is 6.81. The Hall–Kier alpha value is -3.11. The Morgan fingerprint density at radius 3 is 2.68 bits per heavy atom. The Morgan fingerprint density at radius 1 is 1.27 bits per heavy atom. The lowest BCUT2D eigenvalue weighted by atomic mass is 10.0. The molecule has 0 radical (unpaired) electrons. The second kappa shape index (κ2) is 11.5. The third-order valence-corrected chi connectivity index (χ3v) is 7.20. The van der Waals surface area contributed by atoms with Crippen LogP contribution in [0.5, 0.6) is 5.75 Å². The first kappa shape index (κ1) is 26.9. The van der Waals surface area contributed by atoms with Gasteiger partial charge in [0.15, 0.2) is 5.76 Å². The van der Waals surface area contributed by atoms with Crippen LogP contribution in [0.3, 0.4) is 0 Å². The van der Waals surface area contributed by atoms with E-state index in [0.717, 1.165) is 19.0 Å². The zero-order valence-corrected chi connectivity index (χ0v) is 22.4. The summed E-state index contributed by atoms with van der Waals surface area (Å²) in [4.78, 5) is 30.1. The van der Waals surface area contributed by atoms with Gasteiger partial charge in [0, 0.05) is 36.8 Å². The lowest BCUT2D eigenvalue weighted by Crippen LogP contribution is -2.47. The summed E-state index contributed by atoms with van der Waals surface area (Å²) in [6.45, 7) is 9.61. The highest BCUT2D eigenvalue weighted by Gasteiger charge is 2.32. The Balaban J connectivity index is 1.56. The predicted molar refractivity (Wildman–Crippen MR) is 141 cm³/mol. The summed E-state index contributed by atoms with van der Waals surface area (Å²) in [5.41, 5.74) is 2.35. The minimum Gasteiger partial charge on any atom is -0.488 e. The number of likely N-dealkylation sites (N-methyl/N-ethyl adjacent to an activating group) is 1. The number of anilines is 2. The van der Waals surface area contributed by atoms with E-state index in [2.05, 4.69) is 34.7 Å². The number of aliphatic hydroxyl groups is 1. The van der Waals surface area contributed by atoms with Gasteiger partial charge < -0.3 is 34.8 Å². The van der Waals surface area contributed by atoms with Crippen molar-refractivity contribution in [3.8, 4) is 5.75 Å². The minimum atomic E-state index is -0.437. The number of ether oxygens (including phenoxy) is 1. The average Bonchev–Trinajstić information content (AvgIpc) is 3.61. The summed E-state index contributed by atoms with van der Waals surface area (Å²) in [5.74, 6) is 1.90. The number of hydrogen-bond donors (Lipinski definition) is 3. The summed E-state index contributed by atoms with van der Waals surface area (Å²) >= 11 is 0. The zero-order chi connectivity index (χ0) is 26.7. The molecule has 1 aliphatic carbocycles. The first-order valence-corrected chi connectivity index (χ1v) is 13.0. The smallest absolute Gasteiger partial charge is 0.323 e. The molecule has 3 N–H and O–H groups in total. The van der Waals surface area contributed by atoms with Crippen molar-refractivity contribution in [2.45, 2.75) is 59.1 Å². The molecule has 0 spiro atoms. The van der Waals surface area contributed by atoms with Crippen molar-refractivity contribution in [1.29, 1.82) is 0 Å². The van der Waals surface area contributed by atoms with Crippen molar-refractivity contribution in [3.63, 3.8) is 0 Å². The Morgan fingerprint density at radius 2 is 2.03 bits per heavy atom.